The number of nitrogens with one attached hydrogen (secondary N) is 4. The molecule has 0 fully saturated rings. The van der Waals surface area contributed by atoms with E-state index in [2.05, 4.69) is 108 Å². The average molecular weight is 695 g/mol. The molecule has 6 rings (SSSR count). The molecule has 0 radical (unpaired) electrons. The second-order valence-corrected chi connectivity index (χ2v) is 12.1. The van der Waals surface area contributed by atoms with Crippen LogP contribution in [-0.2, 0) is 12.8 Å². The highest BCUT2D eigenvalue weighted by Crippen LogP contribution is 2.23. The Morgan fingerprint density at radius 3 is 1.56 bits per heavy atom. The highest BCUT2D eigenvalue weighted by Gasteiger charge is 2.11. The molecule has 0 spiro atoms. The summed E-state index contributed by atoms with van der Waals surface area (Å²) >= 11 is 0. The largest absolute Gasteiger partial charge is 0.395 e. The van der Waals surface area contributed by atoms with Crippen LogP contribution < -0.4 is 21.3 Å². The summed E-state index contributed by atoms with van der Waals surface area (Å²) in [6.07, 6.45) is 5.32. The van der Waals surface area contributed by atoms with E-state index in [4.69, 9.17) is 0 Å². The quantitative estimate of drug-likeness (QED) is 0.0626. The van der Waals surface area contributed by atoms with Crippen molar-refractivity contribution in [3.05, 3.63) is 142 Å². The molecule has 2 aromatic heterocycles. The normalized spacial score (nSPS) is 11.1. The van der Waals surface area contributed by atoms with Crippen LogP contribution in [0.25, 0.3) is 12.2 Å². The van der Waals surface area contributed by atoms with Gasteiger partial charge < -0.3 is 31.5 Å². The summed E-state index contributed by atoms with van der Waals surface area (Å²) in [6.45, 7) is 4.79. The van der Waals surface area contributed by atoms with Gasteiger partial charge in [-0.05, 0) is 71.5 Å². The van der Waals surface area contributed by atoms with Crippen molar-refractivity contribution in [1.29, 1.82) is 0 Å². The molecule has 264 valence electrons. The number of hydrogen-bond acceptors (Lipinski definition) is 12. The van der Waals surface area contributed by atoms with Crippen LogP contribution in [0.2, 0.25) is 0 Å². The number of para-hydroxylation sites is 1. The molecular weight excluding hydrogens is 653 g/mol. The van der Waals surface area contributed by atoms with Gasteiger partial charge in [-0.3, -0.25) is 0 Å². The summed E-state index contributed by atoms with van der Waals surface area (Å²) in [7, 11) is 0. The van der Waals surface area contributed by atoms with E-state index in [-0.39, 0.29) is 13.2 Å². The molecule has 0 aliphatic carbocycles. The van der Waals surface area contributed by atoms with Gasteiger partial charge in [0.05, 0.1) is 13.2 Å². The Labute approximate surface area is 303 Å². The molecule has 6 aromatic rings. The van der Waals surface area contributed by atoms with Gasteiger partial charge in [0.2, 0.25) is 23.8 Å². The molecule has 0 aliphatic rings. The molecule has 0 unspecified atom stereocenters. The molecule has 52 heavy (non-hydrogen) atoms. The lowest BCUT2D eigenvalue weighted by molar-refractivity contribution is 0.310. The van der Waals surface area contributed by atoms with Crippen molar-refractivity contribution in [3.8, 4) is 0 Å². The van der Waals surface area contributed by atoms with Gasteiger partial charge in [0, 0.05) is 37.3 Å². The molecule has 0 saturated heterocycles. The summed E-state index contributed by atoms with van der Waals surface area (Å²) in [5.41, 5.74) is 8.32. The first-order valence-electron chi connectivity index (χ1n) is 17.1. The van der Waals surface area contributed by atoms with Crippen LogP contribution in [0.15, 0.2) is 97.1 Å². The van der Waals surface area contributed by atoms with Gasteiger partial charge in [-0.1, -0.05) is 84.9 Å². The number of aliphatic hydroxyl groups excluding tert-OH is 2. The molecule has 0 saturated carbocycles. The zero-order valence-corrected chi connectivity index (χ0v) is 29.2. The molecule has 0 atom stereocenters. The van der Waals surface area contributed by atoms with Crippen LogP contribution in [-0.4, -0.2) is 66.4 Å². The molecule has 2 heterocycles. The molecule has 4 aromatic carbocycles. The van der Waals surface area contributed by atoms with E-state index in [0.29, 0.717) is 61.4 Å². The highest BCUT2D eigenvalue weighted by atomic mass is 16.3. The standard InChI is InChI=1S/C40H42N10O2/c1-27-23-30(26-36-46-38(42-20-22-52)49-39(48-36)43-33-11-7-4-8-12-33)13-14-31(27)15-16-32-17-18-34(24-28(32)2)44-40-47-35(25-29-9-5-3-6-10-29)45-37(50-40)41-19-21-51/h3-18,23-24,51-52H,19-22,25-26H2,1-2H3,(H2,41,44,45,47,50)(H2,42,43,46,48,49)/b16-15+. The van der Waals surface area contributed by atoms with Crippen molar-refractivity contribution in [2.45, 2.75) is 26.7 Å². The van der Waals surface area contributed by atoms with Gasteiger partial charge in [0.15, 0.2) is 0 Å². The van der Waals surface area contributed by atoms with Gasteiger partial charge in [-0.15, -0.1) is 0 Å². The molecule has 12 nitrogen and oxygen atoms in total. The first kappa shape index (κ1) is 35.6. The summed E-state index contributed by atoms with van der Waals surface area (Å²) in [5, 5.41) is 31.3. The number of aromatic nitrogens is 6. The number of hydrogen-bond donors (Lipinski definition) is 6. The zero-order valence-electron chi connectivity index (χ0n) is 29.2. The summed E-state index contributed by atoms with van der Waals surface area (Å²) in [5.74, 6) is 2.92. The number of aliphatic hydroxyl groups is 2. The SMILES string of the molecule is Cc1cc(Cc2nc(NCCO)nc(Nc3ccccc3)n2)ccc1/C=C/c1ccc(Nc2nc(Cc3ccccc3)nc(NCCO)n2)cc1C. The van der Waals surface area contributed by atoms with E-state index < -0.39 is 0 Å². The van der Waals surface area contributed by atoms with E-state index in [1.54, 1.807) is 0 Å². The van der Waals surface area contributed by atoms with E-state index in [0.717, 1.165) is 44.8 Å². The Bertz CT molecular complexity index is 1960. The van der Waals surface area contributed by atoms with Gasteiger partial charge in [0.1, 0.15) is 11.6 Å². The monoisotopic (exact) mass is 694 g/mol. The number of benzene rings is 4. The summed E-state index contributed by atoms with van der Waals surface area (Å²) < 4.78 is 0. The van der Waals surface area contributed by atoms with E-state index in [1.807, 2.05) is 66.7 Å². The predicted octanol–water partition coefficient (Wildman–Crippen LogP) is 6.32. The lowest BCUT2D eigenvalue weighted by Crippen LogP contribution is -2.13. The van der Waals surface area contributed by atoms with Crippen molar-refractivity contribution >= 4 is 47.3 Å². The lowest BCUT2D eigenvalue weighted by Gasteiger charge is -2.11. The maximum Gasteiger partial charge on any atom is 0.232 e. The number of nitrogens with zero attached hydrogens (tertiary/aromatic N) is 6. The second-order valence-electron chi connectivity index (χ2n) is 12.1. The van der Waals surface area contributed by atoms with E-state index >= 15 is 0 Å². The number of anilines is 6. The minimum Gasteiger partial charge on any atom is -0.395 e. The predicted molar refractivity (Wildman–Crippen MR) is 207 cm³/mol. The third-order valence-corrected chi connectivity index (χ3v) is 8.05. The molecule has 0 bridgehead atoms. The number of rotatable bonds is 16. The molecular formula is C40H42N10O2. The Hall–Kier alpha value is -6.24. The maximum atomic E-state index is 9.30. The van der Waals surface area contributed by atoms with Gasteiger partial charge in [-0.25, -0.2) is 0 Å². The molecule has 0 aliphatic heterocycles. The second kappa shape index (κ2) is 17.6. The summed E-state index contributed by atoms with van der Waals surface area (Å²) in [4.78, 5) is 27.4. The minimum absolute atomic E-state index is 0.0272. The average Bonchev–Trinajstić information content (AvgIpc) is 3.14. The smallest absolute Gasteiger partial charge is 0.232 e. The fraction of sp³-hybridized carbons (Fsp3) is 0.200. The van der Waals surface area contributed by atoms with Crippen molar-refractivity contribution in [1.82, 2.24) is 29.9 Å². The Morgan fingerprint density at radius 2 is 1.00 bits per heavy atom. The van der Waals surface area contributed by atoms with Crippen LogP contribution in [0.4, 0.5) is 35.2 Å². The lowest BCUT2D eigenvalue weighted by atomic mass is 10.0. The van der Waals surface area contributed by atoms with Crippen molar-refractivity contribution < 1.29 is 10.2 Å². The first-order valence-corrected chi connectivity index (χ1v) is 17.1. The maximum absolute atomic E-state index is 9.30. The molecule has 6 N–H and O–H groups in total. The van der Waals surface area contributed by atoms with Gasteiger partial charge in [0.25, 0.3) is 0 Å². The van der Waals surface area contributed by atoms with Crippen LogP contribution >= 0.6 is 0 Å². The summed E-state index contributed by atoms with van der Waals surface area (Å²) in [6, 6.07) is 32.3. The van der Waals surface area contributed by atoms with Crippen LogP contribution in [0, 0.1) is 13.8 Å². The molecule has 12 heteroatoms. The van der Waals surface area contributed by atoms with Crippen LogP contribution in [0.3, 0.4) is 0 Å². The van der Waals surface area contributed by atoms with Crippen molar-refractivity contribution in [2.75, 3.05) is 47.6 Å². The van der Waals surface area contributed by atoms with Crippen molar-refractivity contribution in [2.24, 2.45) is 0 Å². The fourth-order valence-corrected chi connectivity index (χ4v) is 5.50. The zero-order chi connectivity index (χ0) is 36.1. The highest BCUT2D eigenvalue weighted by molar-refractivity contribution is 5.74. The van der Waals surface area contributed by atoms with E-state index in [9.17, 15) is 10.2 Å². The van der Waals surface area contributed by atoms with Crippen molar-refractivity contribution in [3.63, 3.8) is 0 Å². The Kier molecular flexibility index (Phi) is 12.1. The molecule has 0 amide bonds. The third-order valence-electron chi connectivity index (χ3n) is 8.05. The van der Waals surface area contributed by atoms with E-state index in [1.165, 1.54) is 0 Å². The number of aryl methyl sites for hydroxylation is 2. The third kappa shape index (κ3) is 10.2. The minimum atomic E-state index is -0.0283. The van der Waals surface area contributed by atoms with Crippen LogP contribution in [0.5, 0.6) is 0 Å². The Balaban J connectivity index is 1.14. The van der Waals surface area contributed by atoms with Gasteiger partial charge >= 0.3 is 0 Å². The fourth-order valence-electron chi connectivity index (χ4n) is 5.50. The van der Waals surface area contributed by atoms with Crippen LogP contribution in [0.1, 0.15) is 45.0 Å². The first-order chi connectivity index (χ1) is 25.4. The topological polar surface area (TPSA) is 166 Å². The Morgan fingerprint density at radius 1 is 0.500 bits per heavy atom. The van der Waals surface area contributed by atoms with Gasteiger partial charge in [-0.2, -0.15) is 29.9 Å².